The minimum Gasteiger partial charge on any atom is -0.497 e. The third kappa shape index (κ3) is 3.70. The number of aliphatic imine (C=N–C) groups is 1. The fourth-order valence-corrected chi connectivity index (χ4v) is 0.952. The maximum Gasteiger partial charge on any atom is 0.119 e. The molecule has 1 aromatic carbocycles. The zero-order valence-corrected chi connectivity index (χ0v) is 8.90. The predicted molar refractivity (Wildman–Crippen MR) is 63.7 cm³/mol. The Morgan fingerprint density at radius 2 is 2.07 bits per heavy atom. The quantitative estimate of drug-likeness (QED) is 0.541. The van der Waals surface area contributed by atoms with Crippen molar-refractivity contribution in [2.75, 3.05) is 7.11 Å². The smallest absolute Gasteiger partial charge is 0.119 e. The van der Waals surface area contributed by atoms with Gasteiger partial charge in [0, 0.05) is 11.8 Å². The third-order valence-electron chi connectivity index (χ3n) is 1.85. The van der Waals surface area contributed by atoms with Gasteiger partial charge in [-0.25, -0.2) is 0 Å². The molecule has 0 aliphatic carbocycles. The standard InChI is InChI=1S/C13H13NO/c1-4-11(2)9-10-14-12-5-7-13(15-3)8-6-12/h1,5-10H,2-3H3/b11-9-,14-10?. The minimum atomic E-state index is 0.823. The van der Waals surface area contributed by atoms with Crippen molar-refractivity contribution in [1.29, 1.82) is 0 Å². The number of benzene rings is 1. The van der Waals surface area contributed by atoms with Crippen molar-refractivity contribution in [1.82, 2.24) is 0 Å². The van der Waals surface area contributed by atoms with Gasteiger partial charge < -0.3 is 4.74 Å². The molecule has 2 heteroatoms. The maximum absolute atomic E-state index is 5.19. The highest BCUT2D eigenvalue weighted by Gasteiger charge is 1.89. The van der Waals surface area contributed by atoms with Crippen LogP contribution in [-0.2, 0) is 0 Å². The number of methoxy groups -OCH3 is 1. The molecule has 0 saturated carbocycles. The molecule has 0 fully saturated rings. The lowest BCUT2D eigenvalue weighted by Gasteiger charge is -1.98. The van der Waals surface area contributed by atoms with Crippen LogP contribution < -0.4 is 4.74 Å². The number of hydrogen-bond acceptors (Lipinski definition) is 2. The van der Waals surface area contributed by atoms with Crippen LogP contribution in [0.15, 0.2) is 40.9 Å². The molecule has 2 nitrogen and oxygen atoms in total. The summed E-state index contributed by atoms with van der Waals surface area (Å²) in [5.74, 6) is 3.34. The van der Waals surface area contributed by atoms with E-state index in [-0.39, 0.29) is 0 Å². The first-order chi connectivity index (χ1) is 7.26. The van der Waals surface area contributed by atoms with Gasteiger partial charge in [0.05, 0.1) is 12.8 Å². The molecule has 0 heterocycles. The van der Waals surface area contributed by atoms with Crippen LogP contribution in [0.25, 0.3) is 0 Å². The fourth-order valence-electron chi connectivity index (χ4n) is 0.952. The van der Waals surface area contributed by atoms with E-state index in [4.69, 9.17) is 11.2 Å². The second kappa shape index (κ2) is 5.66. The Bertz CT molecular complexity index is 407. The zero-order chi connectivity index (χ0) is 11.1. The van der Waals surface area contributed by atoms with Crippen molar-refractivity contribution in [2.24, 2.45) is 4.99 Å². The molecular weight excluding hydrogens is 186 g/mol. The van der Waals surface area contributed by atoms with Crippen molar-refractivity contribution in [2.45, 2.75) is 6.92 Å². The summed E-state index contributed by atoms with van der Waals surface area (Å²) in [5, 5.41) is 0. The van der Waals surface area contributed by atoms with Gasteiger partial charge in [-0.1, -0.05) is 5.92 Å². The molecule has 0 aliphatic heterocycles. The normalized spacial score (nSPS) is 11.4. The summed E-state index contributed by atoms with van der Waals surface area (Å²) in [5.41, 5.74) is 1.73. The summed E-state index contributed by atoms with van der Waals surface area (Å²) in [6, 6.07) is 7.50. The maximum atomic E-state index is 5.19. The van der Waals surface area contributed by atoms with Gasteiger partial charge >= 0.3 is 0 Å². The number of ether oxygens (including phenoxy) is 1. The van der Waals surface area contributed by atoms with Gasteiger partial charge in [0.1, 0.15) is 5.75 Å². The molecule has 1 aromatic rings. The Kier molecular flexibility index (Phi) is 4.18. The molecule has 0 bridgehead atoms. The summed E-state index contributed by atoms with van der Waals surface area (Å²) in [6.45, 7) is 1.86. The SMILES string of the molecule is C#C/C(C)=C\C=Nc1ccc(OC)cc1. The van der Waals surface area contributed by atoms with Gasteiger partial charge in [0.15, 0.2) is 0 Å². The van der Waals surface area contributed by atoms with Crippen LogP contribution in [0.5, 0.6) is 5.75 Å². The van der Waals surface area contributed by atoms with Crippen molar-refractivity contribution in [3.05, 3.63) is 35.9 Å². The van der Waals surface area contributed by atoms with Gasteiger partial charge in [-0.3, -0.25) is 4.99 Å². The first-order valence-corrected chi connectivity index (χ1v) is 4.58. The van der Waals surface area contributed by atoms with Gasteiger partial charge in [-0.2, -0.15) is 0 Å². The van der Waals surface area contributed by atoms with E-state index >= 15 is 0 Å². The highest BCUT2D eigenvalue weighted by molar-refractivity contribution is 5.76. The van der Waals surface area contributed by atoms with Crippen LogP contribution >= 0.6 is 0 Å². The number of nitrogens with zero attached hydrogens (tertiary/aromatic N) is 1. The molecule has 0 aliphatic rings. The molecule has 0 aromatic heterocycles. The first-order valence-electron chi connectivity index (χ1n) is 4.58. The number of rotatable bonds is 3. The molecule has 0 saturated heterocycles. The van der Waals surface area contributed by atoms with Crippen molar-refractivity contribution in [3.8, 4) is 18.1 Å². The lowest BCUT2D eigenvalue weighted by molar-refractivity contribution is 0.415. The Morgan fingerprint density at radius 3 is 2.60 bits per heavy atom. The number of hydrogen-bond donors (Lipinski definition) is 0. The molecule has 15 heavy (non-hydrogen) atoms. The lowest BCUT2D eigenvalue weighted by atomic mass is 10.3. The lowest BCUT2D eigenvalue weighted by Crippen LogP contribution is -1.79. The van der Waals surface area contributed by atoms with E-state index in [1.54, 1.807) is 19.4 Å². The highest BCUT2D eigenvalue weighted by Crippen LogP contribution is 2.16. The largest absolute Gasteiger partial charge is 0.497 e. The van der Waals surface area contributed by atoms with Crippen LogP contribution in [0.1, 0.15) is 6.92 Å². The van der Waals surface area contributed by atoms with Gasteiger partial charge in [0.2, 0.25) is 0 Å². The summed E-state index contributed by atoms with van der Waals surface area (Å²) in [7, 11) is 1.64. The molecule has 1 rings (SSSR count). The molecule has 76 valence electrons. The van der Waals surface area contributed by atoms with Gasteiger partial charge in [-0.05, 0) is 37.3 Å². The molecule has 0 amide bonds. The van der Waals surface area contributed by atoms with E-state index < -0.39 is 0 Å². The highest BCUT2D eigenvalue weighted by atomic mass is 16.5. The van der Waals surface area contributed by atoms with Crippen LogP contribution in [0.2, 0.25) is 0 Å². The van der Waals surface area contributed by atoms with Crippen molar-refractivity contribution < 1.29 is 4.74 Å². The Balaban J connectivity index is 2.70. The average molecular weight is 199 g/mol. The Labute approximate surface area is 90.3 Å². The molecule has 0 N–H and O–H groups in total. The van der Waals surface area contributed by atoms with E-state index in [1.165, 1.54) is 0 Å². The molecule has 0 spiro atoms. The summed E-state index contributed by atoms with van der Waals surface area (Å²) in [4.78, 5) is 4.22. The zero-order valence-electron chi connectivity index (χ0n) is 8.90. The monoisotopic (exact) mass is 199 g/mol. The second-order valence-corrected chi connectivity index (χ2v) is 2.97. The molecule has 0 radical (unpaired) electrons. The van der Waals surface area contributed by atoms with E-state index in [2.05, 4.69) is 10.9 Å². The van der Waals surface area contributed by atoms with Crippen LogP contribution in [0.4, 0.5) is 5.69 Å². The van der Waals surface area contributed by atoms with Crippen LogP contribution in [0, 0.1) is 12.3 Å². The van der Waals surface area contributed by atoms with E-state index in [9.17, 15) is 0 Å². The minimum absolute atomic E-state index is 0.823. The van der Waals surface area contributed by atoms with Crippen molar-refractivity contribution in [3.63, 3.8) is 0 Å². The first kappa shape index (κ1) is 11.1. The van der Waals surface area contributed by atoms with Crippen LogP contribution in [0.3, 0.4) is 0 Å². The van der Waals surface area contributed by atoms with E-state index in [1.807, 2.05) is 31.2 Å². The van der Waals surface area contributed by atoms with Gasteiger partial charge in [-0.15, -0.1) is 6.42 Å². The topological polar surface area (TPSA) is 21.6 Å². The molecular formula is C13H13NO. The average Bonchev–Trinajstić information content (AvgIpc) is 2.29. The number of terminal acetylenes is 1. The van der Waals surface area contributed by atoms with Crippen LogP contribution in [-0.4, -0.2) is 13.3 Å². The van der Waals surface area contributed by atoms with Crippen molar-refractivity contribution >= 4 is 11.9 Å². The van der Waals surface area contributed by atoms with Gasteiger partial charge in [0.25, 0.3) is 0 Å². The Hall–Kier alpha value is -2.01. The summed E-state index contributed by atoms with van der Waals surface area (Å²) < 4.78 is 5.04. The third-order valence-corrected chi connectivity index (χ3v) is 1.85. The molecule has 0 unspecified atom stereocenters. The summed E-state index contributed by atoms with van der Waals surface area (Å²) >= 11 is 0. The fraction of sp³-hybridized carbons (Fsp3) is 0.154. The Morgan fingerprint density at radius 1 is 1.40 bits per heavy atom. The van der Waals surface area contributed by atoms with E-state index in [0.29, 0.717) is 0 Å². The summed E-state index contributed by atoms with van der Waals surface area (Å²) in [6.07, 6.45) is 8.68. The van der Waals surface area contributed by atoms with E-state index in [0.717, 1.165) is 17.0 Å². The number of allylic oxidation sites excluding steroid dienone is 2. The molecule has 0 atom stereocenters. The second-order valence-electron chi connectivity index (χ2n) is 2.97. The predicted octanol–water partition coefficient (Wildman–Crippen LogP) is 2.98.